The maximum atomic E-state index is 11.8. The molecule has 0 aromatic rings. The van der Waals surface area contributed by atoms with Crippen LogP contribution in [0.15, 0.2) is 12.2 Å². The molecule has 0 heterocycles. The molecule has 19 heavy (non-hydrogen) atoms. The summed E-state index contributed by atoms with van der Waals surface area (Å²) in [7, 11) is 0. The molecular weight excluding hydrogens is 246 g/mol. The lowest BCUT2D eigenvalue weighted by molar-refractivity contribution is -0.132. The molecule has 0 atom stereocenters. The highest BCUT2D eigenvalue weighted by Gasteiger charge is 2.10. The predicted octanol–water partition coefficient (Wildman–Crippen LogP) is 1.81. The monoisotopic (exact) mass is 271 g/mol. The van der Waals surface area contributed by atoms with E-state index in [-0.39, 0.29) is 12.5 Å². The quantitative estimate of drug-likeness (QED) is 0.444. The molecule has 0 rings (SSSR count). The standard InChI is InChI=1S/C14H25NO4/c1-2-3-4-5-6-10-15(11-7-12-16)13(17)8-9-14(18)19/h8-9,16H,2-7,10-12H2,1H3,(H,18,19)/b9-8+. The Morgan fingerprint density at radius 2 is 1.63 bits per heavy atom. The number of nitrogens with zero attached hydrogens (tertiary/aromatic N) is 1. The Morgan fingerprint density at radius 1 is 1.00 bits per heavy atom. The molecule has 0 aliphatic heterocycles. The van der Waals surface area contributed by atoms with E-state index in [1.807, 2.05) is 0 Å². The van der Waals surface area contributed by atoms with Gasteiger partial charge in [-0.25, -0.2) is 4.79 Å². The number of carbonyl (C=O) groups excluding carboxylic acids is 1. The van der Waals surface area contributed by atoms with E-state index in [0.717, 1.165) is 31.4 Å². The first-order valence-corrected chi connectivity index (χ1v) is 6.92. The summed E-state index contributed by atoms with van der Waals surface area (Å²) in [4.78, 5) is 23.7. The van der Waals surface area contributed by atoms with Gasteiger partial charge in [-0.1, -0.05) is 32.6 Å². The van der Waals surface area contributed by atoms with Crippen LogP contribution in [0.1, 0.15) is 45.4 Å². The predicted molar refractivity (Wildman–Crippen MR) is 73.8 cm³/mol. The molecule has 0 bridgehead atoms. The van der Waals surface area contributed by atoms with Crippen molar-refractivity contribution in [2.24, 2.45) is 0 Å². The third-order valence-corrected chi connectivity index (χ3v) is 2.80. The van der Waals surface area contributed by atoms with Crippen molar-refractivity contribution in [1.29, 1.82) is 0 Å². The number of carboxylic acids is 1. The number of aliphatic carboxylic acids is 1. The summed E-state index contributed by atoms with van der Waals surface area (Å²) in [5, 5.41) is 17.3. The molecule has 0 fully saturated rings. The Bertz CT molecular complexity index is 289. The number of hydrogen-bond donors (Lipinski definition) is 2. The summed E-state index contributed by atoms with van der Waals surface area (Å²) in [6, 6.07) is 0. The second-order valence-electron chi connectivity index (χ2n) is 4.49. The highest BCUT2D eigenvalue weighted by Crippen LogP contribution is 2.05. The molecule has 0 radical (unpaired) electrons. The minimum absolute atomic E-state index is 0.0300. The van der Waals surface area contributed by atoms with Crippen molar-refractivity contribution in [2.75, 3.05) is 19.7 Å². The third kappa shape index (κ3) is 10.3. The minimum atomic E-state index is -1.13. The van der Waals surface area contributed by atoms with E-state index in [2.05, 4.69) is 6.92 Å². The normalized spacial score (nSPS) is 10.8. The van der Waals surface area contributed by atoms with Gasteiger partial charge < -0.3 is 15.1 Å². The van der Waals surface area contributed by atoms with Crippen molar-refractivity contribution >= 4 is 11.9 Å². The average Bonchev–Trinajstić information content (AvgIpc) is 2.39. The maximum absolute atomic E-state index is 11.8. The van der Waals surface area contributed by atoms with Gasteiger partial charge in [-0.3, -0.25) is 4.79 Å². The van der Waals surface area contributed by atoms with Crippen LogP contribution in [0.5, 0.6) is 0 Å². The van der Waals surface area contributed by atoms with Crippen LogP contribution in [0.2, 0.25) is 0 Å². The molecule has 110 valence electrons. The second-order valence-corrected chi connectivity index (χ2v) is 4.49. The summed E-state index contributed by atoms with van der Waals surface area (Å²) in [6.45, 7) is 3.26. The van der Waals surface area contributed by atoms with E-state index in [0.29, 0.717) is 19.5 Å². The molecule has 2 N–H and O–H groups in total. The van der Waals surface area contributed by atoms with Crippen LogP contribution >= 0.6 is 0 Å². The molecule has 5 nitrogen and oxygen atoms in total. The van der Waals surface area contributed by atoms with Crippen molar-refractivity contribution in [3.8, 4) is 0 Å². The lowest BCUT2D eigenvalue weighted by atomic mass is 10.1. The molecule has 0 aromatic heterocycles. The van der Waals surface area contributed by atoms with Gasteiger partial charge in [0.15, 0.2) is 0 Å². The van der Waals surface area contributed by atoms with Gasteiger partial charge in [0, 0.05) is 31.8 Å². The zero-order valence-corrected chi connectivity index (χ0v) is 11.7. The van der Waals surface area contributed by atoms with Crippen molar-refractivity contribution in [3.63, 3.8) is 0 Å². The Kier molecular flexibility index (Phi) is 10.9. The van der Waals surface area contributed by atoms with E-state index >= 15 is 0 Å². The molecule has 1 amide bonds. The molecule has 0 aliphatic carbocycles. The molecule has 0 saturated carbocycles. The van der Waals surface area contributed by atoms with Crippen LogP contribution in [-0.4, -0.2) is 46.7 Å². The van der Waals surface area contributed by atoms with E-state index in [9.17, 15) is 9.59 Å². The first-order valence-electron chi connectivity index (χ1n) is 6.92. The summed E-state index contributed by atoms with van der Waals surface area (Å²) >= 11 is 0. The summed E-state index contributed by atoms with van der Waals surface area (Å²) < 4.78 is 0. The lowest BCUT2D eigenvalue weighted by Crippen LogP contribution is -2.32. The van der Waals surface area contributed by atoms with E-state index < -0.39 is 5.97 Å². The Labute approximate surface area is 114 Å². The van der Waals surface area contributed by atoms with E-state index in [1.165, 1.54) is 12.8 Å². The van der Waals surface area contributed by atoms with Crippen LogP contribution in [0.25, 0.3) is 0 Å². The van der Waals surface area contributed by atoms with Crippen LogP contribution in [0, 0.1) is 0 Å². The third-order valence-electron chi connectivity index (χ3n) is 2.80. The smallest absolute Gasteiger partial charge is 0.328 e. The molecule has 5 heteroatoms. The maximum Gasteiger partial charge on any atom is 0.328 e. The van der Waals surface area contributed by atoms with Gasteiger partial charge in [0.25, 0.3) is 0 Å². The highest BCUT2D eigenvalue weighted by molar-refractivity contribution is 5.93. The van der Waals surface area contributed by atoms with E-state index in [1.54, 1.807) is 4.90 Å². The van der Waals surface area contributed by atoms with Gasteiger partial charge >= 0.3 is 5.97 Å². The largest absolute Gasteiger partial charge is 0.478 e. The minimum Gasteiger partial charge on any atom is -0.478 e. The van der Waals surface area contributed by atoms with Gasteiger partial charge in [0.05, 0.1) is 0 Å². The highest BCUT2D eigenvalue weighted by atomic mass is 16.4. The number of carboxylic acid groups (broad SMARTS) is 1. The van der Waals surface area contributed by atoms with Crippen LogP contribution in [0.4, 0.5) is 0 Å². The van der Waals surface area contributed by atoms with Crippen LogP contribution in [0.3, 0.4) is 0 Å². The van der Waals surface area contributed by atoms with Crippen molar-refractivity contribution in [2.45, 2.75) is 45.4 Å². The molecular formula is C14H25NO4. The second kappa shape index (κ2) is 11.7. The summed E-state index contributed by atoms with van der Waals surface area (Å²) in [5.41, 5.74) is 0. The van der Waals surface area contributed by atoms with E-state index in [4.69, 9.17) is 10.2 Å². The fraction of sp³-hybridized carbons (Fsp3) is 0.714. The molecule has 0 spiro atoms. The van der Waals surface area contributed by atoms with Gasteiger partial charge in [-0.2, -0.15) is 0 Å². The number of carbonyl (C=O) groups is 2. The Hall–Kier alpha value is -1.36. The van der Waals surface area contributed by atoms with Gasteiger partial charge in [-0.15, -0.1) is 0 Å². The van der Waals surface area contributed by atoms with Crippen LogP contribution < -0.4 is 0 Å². The fourth-order valence-electron chi connectivity index (χ4n) is 1.75. The molecule has 0 aliphatic rings. The number of aliphatic hydroxyl groups is 1. The number of hydrogen-bond acceptors (Lipinski definition) is 3. The van der Waals surface area contributed by atoms with Crippen molar-refractivity contribution in [1.82, 2.24) is 4.90 Å². The van der Waals surface area contributed by atoms with Crippen molar-refractivity contribution < 1.29 is 19.8 Å². The first-order chi connectivity index (χ1) is 9.11. The fourth-order valence-corrected chi connectivity index (χ4v) is 1.75. The number of unbranched alkanes of at least 4 members (excludes halogenated alkanes) is 4. The Balaban J connectivity index is 4.13. The number of aliphatic hydroxyl groups excluding tert-OH is 1. The summed E-state index contributed by atoms with van der Waals surface area (Å²) in [5.74, 6) is -1.43. The molecule has 0 saturated heterocycles. The first kappa shape index (κ1) is 17.6. The molecule has 0 aromatic carbocycles. The number of rotatable bonds is 11. The Morgan fingerprint density at radius 3 is 2.21 bits per heavy atom. The number of amides is 1. The zero-order chi connectivity index (χ0) is 14.5. The topological polar surface area (TPSA) is 77.8 Å². The summed E-state index contributed by atoms with van der Waals surface area (Å²) in [6.07, 6.45) is 7.96. The molecule has 0 unspecified atom stereocenters. The average molecular weight is 271 g/mol. The van der Waals surface area contributed by atoms with Gasteiger partial charge in [0.1, 0.15) is 0 Å². The lowest BCUT2D eigenvalue weighted by Gasteiger charge is -2.20. The zero-order valence-electron chi connectivity index (χ0n) is 11.7. The van der Waals surface area contributed by atoms with Crippen LogP contribution in [-0.2, 0) is 9.59 Å². The van der Waals surface area contributed by atoms with Crippen molar-refractivity contribution in [3.05, 3.63) is 12.2 Å². The SMILES string of the molecule is CCCCCCCN(CCCO)C(=O)/C=C/C(=O)O. The van der Waals surface area contributed by atoms with Gasteiger partial charge in [-0.05, 0) is 12.8 Å². The van der Waals surface area contributed by atoms with Gasteiger partial charge in [0.2, 0.25) is 5.91 Å².